The Morgan fingerprint density at radius 2 is 2.13 bits per heavy atom. The molecule has 3 aliphatic carbocycles. The molecule has 2 bridgehead atoms. The smallest absolute Gasteiger partial charge is 0.0159 e. The van der Waals surface area contributed by atoms with Gasteiger partial charge in [0.25, 0.3) is 0 Å². The number of hydrogen-bond donors (Lipinski definition) is 1. The maximum atomic E-state index is 3.41. The van der Waals surface area contributed by atoms with Crippen molar-refractivity contribution < 1.29 is 0 Å². The predicted molar refractivity (Wildman–Crippen MR) is 65.8 cm³/mol. The number of nitrogens with one attached hydrogen (secondary N) is 1. The molecule has 1 fully saturated rings. The van der Waals surface area contributed by atoms with Crippen molar-refractivity contribution in [3.8, 4) is 0 Å². The van der Waals surface area contributed by atoms with Gasteiger partial charge in [0.05, 0.1) is 0 Å². The molecule has 0 amide bonds. The van der Waals surface area contributed by atoms with Crippen LogP contribution in [0.4, 0.5) is 0 Å². The molecule has 0 spiro atoms. The standard InChI is InChI=1S/C14H25N/c1-13(2,15-5)9-10-6-7-11-8-12(10)14(11,3)4/h6,11-12,15H,7-9H2,1-5H3. The van der Waals surface area contributed by atoms with Crippen LogP contribution in [0.25, 0.3) is 0 Å². The Morgan fingerprint density at radius 1 is 1.47 bits per heavy atom. The zero-order valence-electron chi connectivity index (χ0n) is 10.9. The zero-order chi connectivity index (χ0) is 11.3. The minimum Gasteiger partial charge on any atom is -0.314 e. The summed E-state index contributed by atoms with van der Waals surface area (Å²) >= 11 is 0. The second-order valence-corrected chi connectivity index (χ2v) is 6.63. The van der Waals surface area contributed by atoms with Gasteiger partial charge in [-0.1, -0.05) is 25.5 Å². The molecule has 1 nitrogen and oxygen atoms in total. The first-order chi connectivity index (χ1) is 6.87. The lowest BCUT2D eigenvalue weighted by molar-refractivity contribution is -0.0101. The van der Waals surface area contributed by atoms with Gasteiger partial charge in [0, 0.05) is 5.54 Å². The van der Waals surface area contributed by atoms with Crippen LogP contribution >= 0.6 is 0 Å². The lowest BCUT2D eigenvalue weighted by atomic mass is 9.48. The van der Waals surface area contributed by atoms with Crippen LogP contribution in [0.15, 0.2) is 11.6 Å². The molecule has 1 N–H and O–H groups in total. The molecule has 0 radical (unpaired) electrons. The van der Waals surface area contributed by atoms with Gasteiger partial charge in [-0.15, -0.1) is 0 Å². The number of fused-ring (bicyclic) bond motifs is 1. The van der Waals surface area contributed by atoms with E-state index < -0.39 is 0 Å². The minimum atomic E-state index is 0.254. The van der Waals surface area contributed by atoms with Crippen molar-refractivity contribution in [2.75, 3.05) is 7.05 Å². The normalized spacial score (nSPS) is 33.3. The van der Waals surface area contributed by atoms with Gasteiger partial charge in [0.2, 0.25) is 0 Å². The molecule has 0 aromatic heterocycles. The molecule has 3 aliphatic rings. The van der Waals surface area contributed by atoms with Crippen molar-refractivity contribution >= 4 is 0 Å². The third-order valence-electron chi connectivity index (χ3n) is 4.91. The number of rotatable bonds is 3. The van der Waals surface area contributed by atoms with Crippen LogP contribution in [0, 0.1) is 17.3 Å². The monoisotopic (exact) mass is 207 g/mol. The Kier molecular flexibility index (Phi) is 2.50. The zero-order valence-corrected chi connectivity index (χ0v) is 10.9. The first-order valence-electron chi connectivity index (χ1n) is 6.24. The Hall–Kier alpha value is -0.300. The van der Waals surface area contributed by atoms with Gasteiger partial charge < -0.3 is 5.32 Å². The SMILES string of the molecule is CNC(C)(C)CC1=CCC2CC1C2(C)C. The fourth-order valence-electron chi connectivity index (χ4n) is 3.28. The van der Waals surface area contributed by atoms with Crippen molar-refractivity contribution in [2.24, 2.45) is 17.3 Å². The topological polar surface area (TPSA) is 12.0 Å². The van der Waals surface area contributed by atoms with E-state index in [1.54, 1.807) is 5.57 Å². The van der Waals surface area contributed by atoms with Crippen LogP contribution in [-0.2, 0) is 0 Å². The molecule has 0 aromatic rings. The third-order valence-corrected chi connectivity index (χ3v) is 4.91. The van der Waals surface area contributed by atoms with Crippen molar-refractivity contribution in [2.45, 2.75) is 52.5 Å². The molecule has 0 aliphatic heterocycles. The summed E-state index contributed by atoms with van der Waals surface area (Å²) in [7, 11) is 2.07. The Bertz CT molecular complexity index is 286. The average Bonchev–Trinajstić information content (AvgIpc) is 2.17. The summed E-state index contributed by atoms with van der Waals surface area (Å²) in [5.41, 5.74) is 2.54. The van der Waals surface area contributed by atoms with Crippen LogP contribution in [0.3, 0.4) is 0 Å². The Labute approximate surface area is 94.3 Å². The van der Waals surface area contributed by atoms with Crippen molar-refractivity contribution in [3.63, 3.8) is 0 Å². The predicted octanol–water partition coefficient (Wildman–Crippen LogP) is 3.37. The molecule has 0 heterocycles. The lowest BCUT2D eigenvalue weighted by Gasteiger charge is -2.57. The maximum absolute atomic E-state index is 3.41. The summed E-state index contributed by atoms with van der Waals surface area (Å²) in [6, 6.07) is 0. The van der Waals surface area contributed by atoms with Gasteiger partial charge in [-0.2, -0.15) is 0 Å². The molecule has 15 heavy (non-hydrogen) atoms. The first-order valence-corrected chi connectivity index (χ1v) is 6.24. The summed E-state index contributed by atoms with van der Waals surface area (Å²) in [4.78, 5) is 0. The molecule has 2 atom stereocenters. The molecule has 2 unspecified atom stereocenters. The van der Waals surface area contributed by atoms with Gasteiger partial charge in [-0.25, -0.2) is 0 Å². The van der Waals surface area contributed by atoms with E-state index in [9.17, 15) is 0 Å². The van der Waals surface area contributed by atoms with E-state index in [2.05, 4.69) is 46.1 Å². The van der Waals surface area contributed by atoms with Crippen molar-refractivity contribution in [3.05, 3.63) is 11.6 Å². The van der Waals surface area contributed by atoms with E-state index in [4.69, 9.17) is 0 Å². The van der Waals surface area contributed by atoms with E-state index in [-0.39, 0.29) is 5.54 Å². The molecule has 0 saturated heterocycles. The van der Waals surface area contributed by atoms with E-state index in [1.165, 1.54) is 19.3 Å². The van der Waals surface area contributed by atoms with Gasteiger partial charge in [-0.3, -0.25) is 0 Å². The Balaban J connectivity index is 2.09. The molecular formula is C14H25N. The van der Waals surface area contributed by atoms with Crippen LogP contribution in [-0.4, -0.2) is 12.6 Å². The summed E-state index contributed by atoms with van der Waals surface area (Å²) in [5, 5.41) is 3.41. The number of hydrogen-bond acceptors (Lipinski definition) is 1. The summed E-state index contributed by atoms with van der Waals surface area (Å²) < 4.78 is 0. The Morgan fingerprint density at radius 3 is 2.60 bits per heavy atom. The molecule has 0 aromatic carbocycles. The van der Waals surface area contributed by atoms with E-state index in [0.29, 0.717) is 5.41 Å². The van der Waals surface area contributed by atoms with Crippen LogP contribution in [0.2, 0.25) is 0 Å². The average molecular weight is 207 g/mol. The lowest BCUT2D eigenvalue weighted by Crippen LogP contribution is -2.49. The second-order valence-electron chi connectivity index (χ2n) is 6.63. The van der Waals surface area contributed by atoms with E-state index in [1.807, 2.05) is 0 Å². The molecular weight excluding hydrogens is 182 g/mol. The van der Waals surface area contributed by atoms with Crippen molar-refractivity contribution in [1.29, 1.82) is 0 Å². The third kappa shape index (κ3) is 1.75. The van der Waals surface area contributed by atoms with Crippen LogP contribution in [0.1, 0.15) is 47.0 Å². The summed E-state index contributed by atoms with van der Waals surface area (Å²) in [6.45, 7) is 9.49. The minimum absolute atomic E-state index is 0.254. The molecule has 3 rings (SSSR count). The summed E-state index contributed by atoms with van der Waals surface area (Å²) in [6.07, 6.45) is 6.49. The van der Waals surface area contributed by atoms with Gasteiger partial charge in [0.1, 0.15) is 0 Å². The van der Waals surface area contributed by atoms with E-state index >= 15 is 0 Å². The fraction of sp³-hybridized carbons (Fsp3) is 0.857. The maximum Gasteiger partial charge on any atom is 0.0159 e. The largest absolute Gasteiger partial charge is 0.314 e. The quantitative estimate of drug-likeness (QED) is 0.700. The first kappa shape index (κ1) is 11.2. The number of allylic oxidation sites excluding steroid dienone is 1. The van der Waals surface area contributed by atoms with Gasteiger partial charge in [0.15, 0.2) is 0 Å². The van der Waals surface area contributed by atoms with Crippen LogP contribution in [0.5, 0.6) is 0 Å². The fourth-order valence-corrected chi connectivity index (χ4v) is 3.28. The molecule has 86 valence electrons. The molecule has 1 saturated carbocycles. The van der Waals surface area contributed by atoms with Gasteiger partial charge >= 0.3 is 0 Å². The second kappa shape index (κ2) is 3.35. The summed E-state index contributed by atoms with van der Waals surface area (Å²) in [5.74, 6) is 1.83. The van der Waals surface area contributed by atoms with Crippen molar-refractivity contribution in [1.82, 2.24) is 5.32 Å². The van der Waals surface area contributed by atoms with Crippen LogP contribution < -0.4 is 5.32 Å². The van der Waals surface area contributed by atoms with Gasteiger partial charge in [-0.05, 0) is 57.4 Å². The highest BCUT2D eigenvalue weighted by Gasteiger charge is 2.51. The highest BCUT2D eigenvalue weighted by molar-refractivity contribution is 5.24. The van der Waals surface area contributed by atoms with E-state index in [0.717, 1.165) is 11.8 Å². The molecule has 1 heteroatoms. The highest BCUT2D eigenvalue weighted by Crippen LogP contribution is 2.60. The highest BCUT2D eigenvalue weighted by atomic mass is 14.9.